The second-order valence-electron chi connectivity index (χ2n) is 13.0. The van der Waals surface area contributed by atoms with Crippen LogP contribution in [0.25, 0.3) is 0 Å². The minimum absolute atomic E-state index is 0.215. The molecule has 0 spiro atoms. The van der Waals surface area contributed by atoms with Gasteiger partial charge in [0.2, 0.25) is 0 Å². The predicted molar refractivity (Wildman–Crippen MR) is 205 cm³/mol. The molecule has 0 radical (unpaired) electrons. The molecule has 6 rings (SSSR count). The summed E-state index contributed by atoms with van der Waals surface area (Å²) in [5.41, 5.74) is 2.90. The third-order valence-electron chi connectivity index (χ3n) is 8.97. The number of thiophene rings is 1. The van der Waals surface area contributed by atoms with Gasteiger partial charge < -0.3 is 49.8 Å². The Morgan fingerprint density at radius 2 is 1.00 bits per heavy atom. The van der Waals surface area contributed by atoms with E-state index in [1.54, 1.807) is 101 Å². The molecule has 278 valence electrons. The van der Waals surface area contributed by atoms with Crippen molar-refractivity contribution < 1.29 is 24.0 Å². The Bertz CT molecular complexity index is 2180. The van der Waals surface area contributed by atoms with Crippen molar-refractivity contribution in [1.29, 1.82) is 0 Å². The molecule has 5 aromatic heterocycles. The first kappa shape index (κ1) is 37.2. The predicted octanol–water partition coefficient (Wildman–Crippen LogP) is 4.98. The lowest BCUT2D eigenvalue weighted by Crippen LogP contribution is -2.38. The van der Waals surface area contributed by atoms with Gasteiger partial charge >= 0.3 is 0 Å². The molecule has 0 bridgehead atoms. The molecule has 5 amide bonds. The van der Waals surface area contributed by atoms with Crippen LogP contribution < -0.4 is 26.6 Å². The maximum Gasteiger partial charge on any atom is 0.272 e. The highest BCUT2D eigenvalue weighted by molar-refractivity contribution is 7.12. The Kier molecular flexibility index (Phi) is 11.2. The highest BCUT2D eigenvalue weighted by Crippen LogP contribution is 2.25. The minimum Gasteiger partial charge on any atom is -0.349 e. The number of halogens is 1. The number of aryl methyl sites for hydroxylation is 4. The highest BCUT2D eigenvalue weighted by atomic mass is 35.5. The second kappa shape index (κ2) is 16.0. The molecular weight excluding hydrogens is 720 g/mol. The lowest BCUT2D eigenvalue weighted by atomic mass is 10.1. The van der Waals surface area contributed by atoms with E-state index in [0.29, 0.717) is 44.9 Å². The van der Waals surface area contributed by atoms with Crippen molar-refractivity contribution in [2.75, 3.05) is 47.4 Å². The Balaban J connectivity index is 1.03. The van der Waals surface area contributed by atoms with E-state index < -0.39 is 17.7 Å². The molecule has 5 N–H and O–H groups in total. The number of anilines is 4. The second-order valence-corrected chi connectivity index (χ2v) is 14.3. The van der Waals surface area contributed by atoms with Crippen molar-refractivity contribution in [3.63, 3.8) is 0 Å². The number of nitrogens with zero attached hydrogens (tertiary/aromatic N) is 5. The lowest BCUT2D eigenvalue weighted by Gasteiger charge is -2.26. The normalized spacial score (nSPS) is 13.1. The van der Waals surface area contributed by atoms with Gasteiger partial charge in [-0.1, -0.05) is 18.0 Å². The molecule has 1 fully saturated rings. The van der Waals surface area contributed by atoms with Crippen molar-refractivity contribution in [2.24, 2.45) is 28.2 Å². The van der Waals surface area contributed by atoms with Gasteiger partial charge in [0, 0.05) is 66.1 Å². The summed E-state index contributed by atoms with van der Waals surface area (Å²) in [6.45, 7) is 3.47. The summed E-state index contributed by atoms with van der Waals surface area (Å²) in [6, 6.07) is 7.89. The summed E-state index contributed by atoms with van der Waals surface area (Å²) >= 11 is 7.28. The van der Waals surface area contributed by atoms with Gasteiger partial charge in [0.15, 0.2) is 0 Å². The summed E-state index contributed by atoms with van der Waals surface area (Å²) in [4.78, 5) is 67.8. The van der Waals surface area contributed by atoms with Crippen LogP contribution in [0.4, 0.5) is 22.7 Å². The van der Waals surface area contributed by atoms with Crippen molar-refractivity contribution in [3.05, 3.63) is 93.2 Å². The first-order chi connectivity index (χ1) is 25.4. The van der Waals surface area contributed by atoms with Gasteiger partial charge in [-0.2, -0.15) is 0 Å². The zero-order valence-corrected chi connectivity index (χ0v) is 31.4. The number of carbonyl (C=O) groups excluding carboxylic acids is 5. The lowest BCUT2D eigenvalue weighted by molar-refractivity contribution is 0.0936. The molecule has 5 aromatic rings. The fourth-order valence-electron chi connectivity index (χ4n) is 6.26. The first-order valence-corrected chi connectivity index (χ1v) is 18.3. The fourth-order valence-corrected chi connectivity index (χ4v) is 7.30. The third-order valence-corrected chi connectivity index (χ3v) is 10.3. The van der Waals surface area contributed by atoms with E-state index in [9.17, 15) is 24.0 Å². The smallest absolute Gasteiger partial charge is 0.272 e. The van der Waals surface area contributed by atoms with Crippen LogP contribution in [0, 0.1) is 0 Å². The maximum absolute atomic E-state index is 13.3. The van der Waals surface area contributed by atoms with Crippen molar-refractivity contribution in [1.82, 2.24) is 28.5 Å². The van der Waals surface area contributed by atoms with Crippen LogP contribution in [0.2, 0.25) is 5.02 Å². The van der Waals surface area contributed by atoms with Crippen LogP contribution in [0.15, 0.2) is 60.5 Å². The van der Waals surface area contributed by atoms with Crippen LogP contribution in [-0.4, -0.2) is 78.9 Å². The zero-order valence-electron chi connectivity index (χ0n) is 29.8. The first-order valence-electron chi connectivity index (χ1n) is 17.0. The van der Waals surface area contributed by atoms with Crippen LogP contribution in [0.1, 0.15) is 70.9 Å². The van der Waals surface area contributed by atoms with E-state index in [1.165, 1.54) is 36.7 Å². The van der Waals surface area contributed by atoms with Crippen LogP contribution >= 0.6 is 22.9 Å². The van der Waals surface area contributed by atoms with Gasteiger partial charge in [-0.3, -0.25) is 24.0 Å². The van der Waals surface area contributed by atoms with Crippen LogP contribution in [-0.2, 0) is 28.2 Å². The Labute approximate surface area is 314 Å². The Morgan fingerprint density at radius 3 is 1.40 bits per heavy atom. The average Bonchev–Trinajstić information content (AvgIpc) is 3.94. The van der Waals surface area contributed by atoms with Crippen molar-refractivity contribution in [2.45, 2.75) is 19.3 Å². The number of nitrogens with one attached hydrogen (secondary N) is 5. The molecule has 6 heterocycles. The molecule has 0 atom stereocenters. The highest BCUT2D eigenvalue weighted by Gasteiger charge is 2.21. The molecule has 1 saturated heterocycles. The largest absolute Gasteiger partial charge is 0.349 e. The topological polar surface area (TPSA) is 168 Å². The quantitative estimate of drug-likeness (QED) is 0.120. The molecule has 0 unspecified atom stereocenters. The minimum atomic E-state index is -0.458. The zero-order chi connectivity index (χ0) is 37.8. The van der Waals surface area contributed by atoms with E-state index in [-0.39, 0.29) is 28.9 Å². The molecule has 0 aromatic carbocycles. The number of hydrogen-bond donors (Lipinski definition) is 5. The SMILES string of the molecule is Cn1cc(NC(=O)c2cc(NC(=O)c3cc(NC(=O)c4cc(NC(=O)c5sccc5Cl)cn4C)cn3C)cn2C)cc1C(=O)NCCN1CCCCC1. The van der Waals surface area contributed by atoms with E-state index in [0.717, 1.165) is 19.6 Å². The molecule has 0 aliphatic carbocycles. The van der Waals surface area contributed by atoms with E-state index in [4.69, 9.17) is 11.6 Å². The fraction of sp³-hybridized carbons (Fsp3) is 0.306. The monoisotopic (exact) mass is 760 g/mol. The molecular formula is C36H41ClN10O5S. The Morgan fingerprint density at radius 1 is 0.604 bits per heavy atom. The van der Waals surface area contributed by atoms with E-state index in [1.807, 2.05) is 0 Å². The van der Waals surface area contributed by atoms with E-state index in [2.05, 4.69) is 31.5 Å². The summed E-state index contributed by atoms with van der Waals surface area (Å²) in [6.07, 6.45) is 10.1. The van der Waals surface area contributed by atoms with Gasteiger partial charge in [0.1, 0.15) is 27.7 Å². The summed E-state index contributed by atoms with van der Waals surface area (Å²) < 4.78 is 6.40. The van der Waals surface area contributed by atoms with Crippen LogP contribution in [0.3, 0.4) is 0 Å². The number of piperidine rings is 1. The number of carbonyl (C=O) groups is 5. The Hall–Kier alpha value is -5.58. The molecule has 0 saturated carbocycles. The van der Waals surface area contributed by atoms with Gasteiger partial charge in [0.05, 0.1) is 27.8 Å². The molecule has 17 heteroatoms. The van der Waals surface area contributed by atoms with Gasteiger partial charge in [-0.05, 0) is 61.6 Å². The van der Waals surface area contributed by atoms with Gasteiger partial charge in [-0.25, -0.2) is 0 Å². The van der Waals surface area contributed by atoms with Crippen LogP contribution in [0.5, 0.6) is 0 Å². The molecule has 15 nitrogen and oxygen atoms in total. The summed E-state index contributed by atoms with van der Waals surface area (Å²) in [5.74, 6) is -1.92. The van der Waals surface area contributed by atoms with E-state index >= 15 is 0 Å². The van der Waals surface area contributed by atoms with Crippen molar-refractivity contribution >= 4 is 75.2 Å². The van der Waals surface area contributed by atoms with Crippen molar-refractivity contribution in [3.8, 4) is 0 Å². The number of hydrogen-bond acceptors (Lipinski definition) is 7. The van der Waals surface area contributed by atoms with Gasteiger partial charge in [0.25, 0.3) is 29.5 Å². The molecule has 53 heavy (non-hydrogen) atoms. The summed E-state index contributed by atoms with van der Waals surface area (Å²) in [7, 11) is 6.78. The number of rotatable bonds is 12. The maximum atomic E-state index is 13.3. The number of likely N-dealkylation sites (tertiary alicyclic amines) is 1. The molecule has 1 aliphatic heterocycles. The molecule has 1 aliphatic rings. The standard InChI is InChI=1S/C36H41ClN10O5S/c1-43-18-22(14-27(43)32(48)38-9-12-47-10-6-5-7-11-47)39-33(49)28-15-23(19-44(28)2)40-34(50)29-16-24(20-45(29)3)41-35(51)30-17-25(21-46(30)4)42-36(52)31-26(37)8-13-53-31/h8,13-21H,5-7,9-12H2,1-4H3,(H,38,48)(H,39,49)(H,40,50)(H,41,51)(H,42,52). The summed E-state index contributed by atoms with van der Waals surface area (Å²) in [5, 5.41) is 16.2. The number of amides is 5. The average molecular weight is 761 g/mol. The third kappa shape index (κ3) is 8.73. The van der Waals surface area contributed by atoms with Gasteiger partial charge in [-0.15, -0.1) is 11.3 Å². The number of aromatic nitrogens is 4.